The summed E-state index contributed by atoms with van der Waals surface area (Å²) in [6, 6.07) is 11.5. The Labute approximate surface area is 129 Å². The number of nitrogens with zero attached hydrogens (tertiary/aromatic N) is 2. The molecule has 0 fully saturated rings. The summed E-state index contributed by atoms with van der Waals surface area (Å²) >= 11 is 1.49. The van der Waals surface area contributed by atoms with Gasteiger partial charge < -0.3 is 4.90 Å². The maximum atomic E-state index is 12.7. The van der Waals surface area contributed by atoms with E-state index in [4.69, 9.17) is 5.26 Å². The van der Waals surface area contributed by atoms with Gasteiger partial charge in [0, 0.05) is 6.54 Å². The predicted octanol–water partition coefficient (Wildman–Crippen LogP) is 4.15. The first kappa shape index (κ1) is 15.3. The molecule has 1 amide bonds. The number of nitriles is 1. The molecule has 0 aliphatic rings. The first-order valence-electron chi connectivity index (χ1n) is 6.93. The summed E-state index contributed by atoms with van der Waals surface area (Å²) in [5, 5.41) is 10.8. The minimum Gasteiger partial charge on any atom is -0.331 e. The van der Waals surface area contributed by atoms with Crippen LogP contribution in [0.3, 0.4) is 0 Å². The average molecular weight is 298 g/mol. The molecule has 1 unspecified atom stereocenters. The van der Waals surface area contributed by atoms with Gasteiger partial charge in [-0.25, -0.2) is 0 Å². The SMILES string of the molecule is CCN(C(=O)c1sccc1C)C(C)c1ccc(C#N)cc1. The summed E-state index contributed by atoms with van der Waals surface area (Å²) in [4.78, 5) is 15.3. The minimum absolute atomic E-state index is 0.0169. The molecule has 108 valence electrons. The zero-order valence-electron chi connectivity index (χ0n) is 12.5. The van der Waals surface area contributed by atoms with E-state index in [1.165, 1.54) is 11.3 Å². The molecule has 0 saturated heterocycles. The molecule has 21 heavy (non-hydrogen) atoms. The van der Waals surface area contributed by atoms with Crippen molar-refractivity contribution >= 4 is 17.2 Å². The highest BCUT2D eigenvalue weighted by Crippen LogP contribution is 2.25. The lowest BCUT2D eigenvalue weighted by Crippen LogP contribution is -2.33. The second kappa shape index (κ2) is 6.55. The predicted molar refractivity (Wildman–Crippen MR) is 85.3 cm³/mol. The van der Waals surface area contributed by atoms with Crippen molar-refractivity contribution in [3.8, 4) is 6.07 Å². The Morgan fingerprint density at radius 3 is 2.48 bits per heavy atom. The zero-order chi connectivity index (χ0) is 15.4. The second-order valence-corrected chi connectivity index (χ2v) is 5.85. The van der Waals surface area contributed by atoms with Crippen molar-refractivity contribution in [3.05, 3.63) is 57.3 Å². The monoisotopic (exact) mass is 298 g/mol. The molecule has 0 radical (unpaired) electrons. The van der Waals surface area contributed by atoms with Crippen LogP contribution >= 0.6 is 11.3 Å². The summed E-state index contributed by atoms with van der Waals surface area (Å²) in [6.45, 7) is 6.62. The van der Waals surface area contributed by atoms with Crippen LogP contribution in [0.1, 0.15) is 46.3 Å². The highest BCUT2D eigenvalue weighted by molar-refractivity contribution is 7.12. The number of carbonyl (C=O) groups excluding carboxylic acids is 1. The Balaban J connectivity index is 2.26. The van der Waals surface area contributed by atoms with Crippen molar-refractivity contribution in [2.45, 2.75) is 26.8 Å². The molecule has 0 spiro atoms. The Morgan fingerprint density at radius 1 is 1.33 bits per heavy atom. The summed E-state index contributed by atoms with van der Waals surface area (Å²) < 4.78 is 0. The van der Waals surface area contributed by atoms with Crippen LogP contribution in [0.4, 0.5) is 0 Å². The second-order valence-electron chi connectivity index (χ2n) is 4.93. The van der Waals surface area contributed by atoms with E-state index in [1.807, 2.05) is 49.3 Å². The smallest absolute Gasteiger partial charge is 0.264 e. The molecule has 0 aliphatic heterocycles. The van der Waals surface area contributed by atoms with Crippen LogP contribution in [-0.2, 0) is 0 Å². The van der Waals surface area contributed by atoms with Gasteiger partial charge in [-0.3, -0.25) is 4.79 Å². The Hall–Kier alpha value is -2.12. The number of aryl methyl sites for hydroxylation is 1. The zero-order valence-corrected chi connectivity index (χ0v) is 13.3. The van der Waals surface area contributed by atoms with E-state index in [0.717, 1.165) is 16.0 Å². The fourth-order valence-electron chi connectivity index (χ4n) is 2.33. The Morgan fingerprint density at radius 2 is 2.00 bits per heavy atom. The highest BCUT2D eigenvalue weighted by atomic mass is 32.1. The quantitative estimate of drug-likeness (QED) is 0.851. The first-order chi connectivity index (χ1) is 10.1. The largest absolute Gasteiger partial charge is 0.331 e. The van der Waals surface area contributed by atoms with Crippen LogP contribution in [-0.4, -0.2) is 17.4 Å². The standard InChI is InChI=1S/C17H18N2OS/c1-4-19(17(20)16-12(2)9-10-21-16)13(3)15-7-5-14(11-18)6-8-15/h5-10,13H,4H2,1-3H3. The van der Waals surface area contributed by atoms with Gasteiger partial charge in [0.15, 0.2) is 0 Å². The molecule has 2 aromatic rings. The molecule has 0 aliphatic carbocycles. The summed E-state index contributed by atoms with van der Waals surface area (Å²) in [5.41, 5.74) is 2.70. The molecule has 0 saturated carbocycles. The lowest BCUT2D eigenvalue weighted by atomic mass is 10.0. The minimum atomic E-state index is -0.0169. The van der Waals surface area contributed by atoms with E-state index < -0.39 is 0 Å². The number of hydrogen-bond acceptors (Lipinski definition) is 3. The number of hydrogen-bond donors (Lipinski definition) is 0. The molecular weight excluding hydrogens is 280 g/mol. The number of thiophene rings is 1. The van der Waals surface area contributed by atoms with Gasteiger partial charge in [-0.1, -0.05) is 12.1 Å². The first-order valence-corrected chi connectivity index (χ1v) is 7.81. The fraction of sp³-hybridized carbons (Fsp3) is 0.294. The van der Waals surface area contributed by atoms with Gasteiger partial charge >= 0.3 is 0 Å². The third-order valence-corrected chi connectivity index (χ3v) is 4.65. The van der Waals surface area contributed by atoms with Gasteiger partial charge in [-0.05, 0) is 55.5 Å². The van der Waals surface area contributed by atoms with Crippen molar-refractivity contribution in [1.82, 2.24) is 4.90 Å². The maximum absolute atomic E-state index is 12.7. The van der Waals surface area contributed by atoms with Crippen LogP contribution in [0.5, 0.6) is 0 Å². The molecule has 1 atom stereocenters. The van der Waals surface area contributed by atoms with Crippen LogP contribution < -0.4 is 0 Å². The lowest BCUT2D eigenvalue weighted by Gasteiger charge is -2.28. The van der Waals surface area contributed by atoms with Crippen LogP contribution in [0.15, 0.2) is 35.7 Å². The highest BCUT2D eigenvalue weighted by Gasteiger charge is 2.23. The fourth-order valence-corrected chi connectivity index (χ4v) is 3.21. The van der Waals surface area contributed by atoms with Crippen LogP contribution in [0.25, 0.3) is 0 Å². The Kier molecular flexibility index (Phi) is 4.77. The van der Waals surface area contributed by atoms with Crippen molar-refractivity contribution < 1.29 is 4.79 Å². The summed E-state index contributed by atoms with van der Waals surface area (Å²) in [5.74, 6) is 0.0712. The van der Waals surface area contributed by atoms with Gasteiger partial charge in [0.05, 0.1) is 22.6 Å². The molecule has 1 aromatic carbocycles. The van der Waals surface area contributed by atoms with Crippen molar-refractivity contribution in [2.75, 3.05) is 6.54 Å². The molecule has 4 heteroatoms. The number of benzene rings is 1. The third kappa shape index (κ3) is 3.14. The topological polar surface area (TPSA) is 44.1 Å². The molecule has 2 rings (SSSR count). The number of amides is 1. The lowest BCUT2D eigenvalue weighted by molar-refractivity contribution is 0.0706. The Bertz CT molecular complexity index is 667. The van der Waals surface area contributed by atoms with Gasteiger partial charge in [0.25, 0.3) is 5.91 Å². The van der Waals surface area contributed by atoms with Crippen LogP contribution in [0, 0.1) is 18.3 Å². The van der Waals surface area contributed by atoms with Crippen molar-refractivity contribution in [2.24, 2.45) is 0 Å². The maximum Gasteiger partial charge on any atom is 0.264 e. The van der Waals surface area contributed by atoms with E-state index in [-0.39, 0.29) is 11.9 Å². The molecular formula is C17H18N2OS. The molecule has 0 bridgehead atoms. The van der Waals surface area contributed by atoms with E-state index >= 15 is 0 Å². The van der Waals surface area contributed by atoms with Crippen molar-refractivity contribution in [3.63, 3.8) is 0 Å². The van der Waals surface area contributed by atoms with Crippen molar-refractivity contribution in [1.29, 1.82) is 5.26 Å². The number of rotatable bonds is 4. The van der Waals surface area contributed by atoms with E-state index in [2.05, 4.69) is 6.07 Å². The number of carbonyl (C=O) groups is 1. The van der Waals surface area contributed by atoms with E-state index in [0.29, 0.717) is 12.1 Å². The van der Waals surface area contributed by atoms with E-state index in [1.54, 1.807) is 12.1 Å². The van der Waals surface area contributed by atoms with Gasteiger partial charge in [-0.2, -0.15) is 5.26 Å². The summed E-state index contributed by atoms with van der Waals surface area (Å²) in [6.07, 6.45) is 0. The third-order valence-electron chi connectivity index (χ3n) is 3.65. The molecule has 0 N–H and O–H groups in total. The van der Waals surface area contributed by atoms with Crippen LogP contribution in [0.2, 0.25) is 0 Å². The molecule has 3 nitrogen and oxygen atoms in total. The van der Waals surface area contributed by atoms with Gasteiger partial charge in [0.1, 0.15) is 0 Å². The average Bonchev–Trinajstić information content (AvgIpc) is 2.94. The summed E-state index contributed by atoms with van der Waals surface area (Å²) in [7, 11) is 0. The van der Waals surface area contributed by atoms with Gasteiger partial charge in [-0.15, -0.1) is 11.3 Å². The van der Waals surface area contributed by atoms with E-state index in [9.17, 15) is 4.79 Å². The normalized spacial score (nSPS) is 11.7. The molecule has 1 heterocycles. The molecule has 1 aromatic heterocycles. The van der Waals surface area contributed by atoms with Gasteiger partial charge in [0.2, 0.25) is 0 Å².